The summed E-state index contributed by atoms with van der Waals surface area (Å²) < 4.78 is 12.8. The quantitative estimate of drug-likeness (QED) is 0.934. The Morgan fingerprint density at radius 3 is 2.48 bits per heavy atom. The van der Waals surface area contributed by atoms with E-state index in [2.05, 4.69) is 31.1 Å². The summed E-state index contributed by atoms with van der Waals surface area (Å²) in [5.41, 5.74) is 2.35. The molecule has 0 aliphatic heterocycles. The standard InChI is InChI=1S/C17H19FN2O/c1-17(2,3)15-11-14(8-9-19-15)20-16(21)10-12-4-6-13(18)7-5-12/h4-9,11H,10H2,1-3H3,(H,19,20,21). The van der Waals surface area contributed by atoms with Gasteiger partial charge >= 0.3 is 0 Å². The van der Waals surface area contributed by atoms with Crippen LogP contribution in [0.1, 0.15) is 32.0 Å². The third-order valence-electron chi connectivity index (χ3n) is 3.09. The van der Waals surface area contributed by atoms with Crippen molar-refractivity contribution in [2.24, 2.45) is 0 Å². The van der Waals surface area contributed by atoms with E-state index < -0.39 is 0 Å². The van der Waals surface area contributed by atoms with Gasteiger partial charge in [0.15, 0.2) is 0 Å². The molecule has 2 aromatic rings. The summed E-state index contributed by atoms with van der Waals surface area (Å²) in [4.78, 5) is 16.3. The Labute approximate surface area is 124 Å². The number of hydrogen-bond acceptors (Lipinski definition) is 2. The van der Waals surface area contributed by atoms with Crippen LogP contribution in [-0.4, -0.2) is 10.9 Å². The molecule has 4 heteroatoms. The van der Waals surface area contributed by atoms with Crippen LogP contribution in [0.4, 0.5) is 10.1 Å². The van der Waals surface area contributed by atoms with Crippen LogP contribution in [0, 0.1) is 5.82 Å². The molecule has 0 fully saturated rings. The fourth-order valence-corrected chi connectivity index (χ4v) is 1.91. The van der Waals surface area contributed by atoms with Gasteiger partial charge in [-0.2, -0.15) is 0 Å². The maximum Gasteiger partial charge on any atom is 0.228 e. The molecule has 1 aromatic heterocycles. The summed E-state index contributed by atoms with van der Waals surface area (Å²) in [5, 5.41) is 2.84. The Morgan fingerprint density at radius 1 is 1.19 bits per heavy atom. The van der Waals surface area contributed by atoms with Crippen molar-refractivity contribution in [1.82, 2.24) is 4.98 Å². The second kappa shape index (κ2) is 6.04. The monoisotopic (exact) mass is 286 g/mol. The second-order valence-electron chi connectivity index (χ2n) is 6.03. The third kappa shape index (κ3) is 4.38. The summed E-state index contributed by atoms with van der Waals surface area (Å²) >= 11 is 0. The van der Waals surface area contributed by atoms with Gasteiger partial charge in [-0.05, 0) is 29.8 Å². The van der Waals surface area contributed by atoms with Crippen LogP contribution in [0.5, 0.6) is 0 Å². The van der Waals surface area contributed by atoms with E-state index in [4.69, 9.17) is 0 Å². The van der Waals surface area contributed by atoms with Gasteiger partial charge in [0.1, 0.15) is 5.82 Å². The number of anilines is 1. The molecule has 110 valence electrons. The van der Waals surface area contributed by atoms with Crippen LogP contribution in [-0.2, 0) is 16.6 Å². The Kier molecular flexibility index (Phi) is 4.36. The predicted octanol–water partition coefficient (Wildman–Crippen LogP) is 3.70. The van der Waals surface area contributed by atoms with Crippen LogP contribution in [0.25, 0.3) is 0 Å². The Hall–Kier alpha value is -2.23. The van der Waals surface area contributed by atoms with Gasteiger partial charge < -0.3 is 5.32 Å². The van der Waals surface area contributed by atoms with Crippen molar-refractivity contribution in [2.45, 2.75) is 32.6 Å². The molecular weight excluding hydrogens is 267 g/mol. The predicted molar refractivity (Wildman–Crippen MR) is 81.7 cm³/mol. The molecular formula is C17H19FN2O. The van der Waals surface area contributed by atoms with Gasteiger partial charge in [-0.3, -0.25) is 9.78 Å². The Morgan fingerprint density at radius 2 is 1.86 bits per heavy atom. The van der Waals surface area contributed by atoms with Crippen molar-refractivity contribution in [3.8, 4) is 0 Å². The average molecular weight is 286 g/mol. The number of amides is 1. The lowest BCUT2D eigenvalue weighted by atomic mass is 9.91. The molecule has 3 nitrogen and oxygen atoms in total. The molecule has 1 N–H and O–H groups in total. The minimum absolute atomic E-state index is 0.0717. The first kappa shape index (κ1) is 15.2. The van der Waals surface area contributed by atoms with Crippen LogP contribution in [0.2, 0.25) is 0 Å². The smallest absolute Gasteiger partial charge is 0.228 e. The van der Waals surface area contributed by atoms with E-state index in [1.807, 2.05) is 6.07 Å². The van der Waals surface area contributed by atoms with E-state index >= 15 is 0 Å². The zero-order valence-corrected chi connectivity index (χ0v) is 12.5. The van der Waals surface area contributed by atoms with Crippen molar-refractivity contribution in [2.75, 3.05) is 5.32 Å². The number of hydrogen-bond donors (Lipinski definition) is 1. The minimum atomic E-state index is -0.303. The maximum absolute atomic E-state index is 12.8. The number of benzene rings is 1. The summed E-state index contributed by atoms with van der Waals surface area (Å²) in [6.07, 6.45) is 1.90. The third-order valence-corrected chi connectivity index (χ3v) is 3.09. The first-order valence-electron chi connectivity index (χ1n) is 6.85. The van der Waals surface area contributed by atoms with Gasteiger partial charge in [0.2, 0.25) is 5.91 Å². The lowest BCUT2D eigenvalue weighted by Gasteiger charge is -2.18. The molecule has 0 bridgehead atoms. The fraction of sp³-hybridized carbons (Fsp3) is 0.294. The first-order chi connectivity index (χ1) is 9.84. The topological polar surface area (TPSA) is 42.0 Å². The molecule has 1 amide bonds. The average Bonchev–Trinajstić information content (AvgIpc) is 2.41. The molecule has 0 unspecified atom stereocenters. The van der Waals surface area contributed by atoms with Crippen LogP contribution in [0.15, 0.2) is 42.6 Å². The number of nitrogens with one attached hydrogen (secondary N) is 1. The van der Waals surface area contributed by atoms with Crippen molar-refractivity contribution >= 4 is 11.6 Å². The highest BCUT2D eigenvalue weighted by Crippen LogP contribution is 2.22. The molecule has 0 saturated heterocycles. The molecule has 0 spiro atoms. The first-order valence-corrected chi connectivity index (χ1v) is 6.85. The van der Waals surface area contributed by atoms with Crippen LogP contribution >= 0.6 is 0 Å². The van der Waals surface area contributed by atoms with E-state index in [0.717, 1.165) is 16.9 Å². The van der Waals surface area contributed by atoms with Gasteiger partial charge in [-0.15, -0.1) is 0 Å². The number of nitrogens with zero attached hydrogens (tertiary/aromatic N) is 1. The lowest BCUT2D eigenvalue weighted by Crippen LogP contribution is -2.17. The molecule has 2 rings (SSSR count). The molecule has 0 radical (unpaired) electrons. The lowest BCUT2D eigenvalue weighted by molar-refractivity contribution is -0.115. The molecule has 21 heavy (non-hydrogen) atoms. The summed E-state index contributed by atoms with van der Waals surface area (Å²) in [6.45, 7) is 6.21. The largest absolute Gasteiger partial charge is 0.326 e. The van der Waals surface area contributed by atoms with E-state index in [-0.39, 0.29) is 23.6 Å². The highest BCUT2D eigenvalue weighted by atomic mass is 19.1. The minimum Gasteiger partial charge on any atom is -0.326 e. The molecule has 1 aromatic carbocycles. The highest BCUT2D eigenvalue weighted by molar-refractivity contribution is 5.92. The van der Waals surface area contributed by atoms with Crippen molar-refractivity contribution in [3.05, 3.63) is 59.7 Å². The highest BCUT2D eigenvalue weighted by Gasteiger charge is 2.16. The molecule has 0 saturated carbocycles. The van der Waals surface area contributed by atoms with E-state index in [9.17, 15) is 9.18 Å². The maximum atomic E-state index is 12.8. The van der Waals surface area contributed by atoms with E-state index in [0.29, 0.717) is 0 Å². The Bertz CT molecular complexity index is 630. The van der Waals surface area contributed by atoms with Crippen molar-refractivity contribution in [3.63, 3.8) is 0 Å². The zero-order chi connectivity index (χ0) is 15.5. The molecule has 0 atom stereocenters. The summed E-state index contributed by atoms with van der Waals surface area (Å²) in [7, 11) is 0. The normalized spacial score (nSPS) is 11.2. The fourth-order valence-electron chi connectivity index (χ4n) is 1.91. The summed E-state index contributed by atoms with van der Waals surface area (Å²) in [6, 6.07) is 9.57. The number of carbonyl (C=O) groups is 1. The number of aromatic nitrogens is 1. The SMILES string of the molecule is CC(C)(C)c1cc(NC(=O)Cc2ccc(F)cc2)ccn1. The molecule has 0 aliphatic carbocycles. The van der Waals surface area contributed by atoms with E-state index in [1.165, 1.54) is 12.1 Å². The van der Waals surface area contributed by atoms with Crippen LogP contribution < -0.4 is 5.32 Å². The number of carbonyl (C=O) groups excluding carboxylic acids is 1. The van der Waals surface area contributed by atoms with Crippen LogP contribution in [0.3, 0.4) is 0 Å². The van der Waals surface area contributed by atoms with Crippen molar-refractivity contribution < 1.29 is 9.18 Å². The summed E-state index contributed by atoms with van der Waals surface area (Å²) in [5.74, 6) is -0.434. The zero-order valence-electron chi connectivity index (χ0n) is 12.5. The van der Waals surface area contributed by atoms with Gasteiger partial charge in [-0.1, -0.05) is 32.9 Å². The van der Waals surface area contributed by atoms with E-state index in [1.54, 1.807) is 24.4 Å². The van der Waals surface area contributed by atoms with Gasteiger partial charge in [0.05, 0.1) is 6.42 Å². The number of halogens is 1. The van der Waals surface area contributed by atoms with Crippen molar-refractivity contribution in [1.29, 1.82) is 0 Å². The van der Waals surface area contributed by atoms with Gasteiger partial charge in [-0.25, -0.2) is 4.39 Å². The molecule has 1 heterocycles. The van der Waals surface area contributed by atoms with Gasteiger partial charge in [0, 0.05) is 23.0 Å². The number of rotatable bonds is 3. The number of pyridine rings is 1. The van der Waals surface area contributed by atoms with Gasteiger partial charge in [0.25, 0.3) is 0 Å². The molecule has 0 aliphatic rings. The second-order valence-corrected chi connectivity index (χ2v) is 6.03. The Balaban J connectivity index is 2.04.